The lowest BCUT2D eigenvalue weighted by Gasteiger charge is -2.31. The van der Waals surface area contributed by atoms with Crippen LogP contribution in [0.2, 0.25) is 0 Å². The Labute approximate surface area is 239 Å². The van der Waals surface area contributed by atoms with Crippen molar-refractivity contribution in [3.63, 3.8) is 0 Å². The van der Waals surface area contributed by atoms with Crippen molar-refractivity contribution in [2.24, 2.45) is 0 Å². The van der Waals surface area contributed by atoms with Crippen LogP contribution in [0, 0.1) is 0 Å². The Bertz CT molecular complexity index is 2100. The van der Waals surface area contributed by atoms with E-state index in [1.54, 1.807) is 6.33 Å². The maximum atomic E-state index is 6.15. The molecule has 6 aromatic rings. The van der Waals surface area contributed by atoms with E-state index < -0.39 is 0 Å². The molecule has 2 unspecified atom stereocenters. The van der Waals surface area contributed by atoms with Gasteiger partial charge < -0.3 is 20.0 Å². The van der Waals surface area contributed by atoms with Gasteiger partial charge in [-0.1, -0.05) is 12.1 Å². The Balaban J connectivity index is 1.27. The van der Waals surface area contributed by atoms with Crippen LogP contribution in [0.15, 0.2) is 59.7 Å². The van der Waals surface area contributed by atoms with Crippen LogP contribution in [-0.2, 0) is 6.54 Å². The lowest BCUT2D eigenvalue weighted by molar-refractivity contribution is 0.599. The van der Waals surface area contributed by atoms with E-state index in [-0.39, 0.29) is 12.0 Å². The number of nitrogens with one attached hydrogen (secondary N) is 2. The van der Waals surface area contributed by atoms with E-state index >= 15 is 0 Å². The minimum absolute atomic E-state index is 0.0458. The fourth-order valence-corrected chi connectivity index (χ4v) is 8.05. The minimum Gasteiger partial charge on any atom is -0.453 e. The highest BCUT2D eigenvalue weighted by atomic mass is 32.1. The highest BCUT2D eigenvalue weighted by Crippen LogP contribution is 2.48. The largest absolute Gasteiger partial charge is 0.453 e. The Kier molecular flexibility index (Phi) is 4.80. The number of hydrogen-bond donors (Lipinski definition) is 2. The van der Waals surface area contributed by atoms with Crippen molar-refractivity contribution in [2.75, 3.05) is 25.0 Å². The fraction of sp³-hybridized carbons (Fsp3) is 0.226. The molecule has 202 valence electrons. The van der Waals surface area contributed by atoms with Crippen molar-refractivity contribution in [1.29, 1.82) is 0 Å². The van der Waals surface area contributed by atoms with Crippen molar-refractivity contribution >= 4 is 61.0 Å². The van der Waals surface area contributed by atoms with Crippen molar-refractivity contribution in [1.82, 2.24) is 35.1 Å². The molecular weight excluding hydrogens is 532 g/mol. The SMILES string of the molecule is CC1NC=C(C2CNCc3c2sc2ncccc32)c2c1n(-c1ccc3oc4c(c3n1)N(C)CC=C4)c1ncncc21. The average molecular weight is 559 g/mol. The molecule has 0 saturated carbocycles. The average Bonchev–Trinajstić information content (AvgIpc) is 3.68. The van der Waals surface area contributed by atoms with Crippen LogP contribution in [0.1, 0.15) is 46.3 Å². The lowest BCUT2D eigenvalue weighted by Crippen LogP contribution is -2.30. The summed E-state index contributed by atoms with van der Waals surface area (Å²) in [6.07, 6.45) is 11.8. The number of pyridine rings is 2. The normalized spacial score (nSPS) is 19.8. The first-order valence-corrected chi connectivity index (χ1v) is 14.7. The standard InChI is InChI=1S/C31H26N8OS/c1-16-27-25(18(14-35-16)20-12-32-11-19-17-5-3-9-34-31(17)41-29(19)20)21-13-33-15-36-30(21)39(27)24-8-7-22-26(37-24)28-23(40-22)6-4-10-38(28)2/h3-9,13-16,20,32,35H,10-12H2,1-2H3. The van der Waals surface area contributed by atoms with Crippen LogP contribution >= 0.6 is 11.3 Å². The van der Waals surface area contributed by atoms with E-state index in [4.69, 9.17) is 14.4 Å². The monoisotopic (exact) mass is 558 g/mol. The van der Waals surface area contributed by atoms with Gasteiger partial charge in [-0.25, -0.2) is 19.9 Å². The molecule has 0 spiro atoms. The number of anilines is 1. The quantitative estimate of drug-likeness (QED) is 0.287. The molecule has 9 heterocycles. The third-order valence-electron chi connectivity index (χ3n) is 8.58. The molecule has 10 heteroatoms. The van der Waals surface area contributed by atoms with Crippen molar-refractivity contribution in [3.05, 3.63) is 82.7 Å². The summed E-state index contributed by atoms with van der Waals surface area (Å²) in [7, 11) is 2.07. The van der Waals surface area contributed by atoms with Gasteiger partial charge in [0.15, 0.2) is 11.3 Å². The van der Waals surface area contributed by atoms with Crippen molar-refractivity contribution in [3.8, 4) is 5.82 Å². The zero-order valence-corrected chi connectivity index (χ0v) is 23.4. The van der Waals surface area contributed by atoms with Gasteiger partial charge in [0, 0.05) is 72.4 Å². The number of rotatable bonds is 2. The second kappa shape index (κ2) is 8.48. The number of furan rings is 1. The number of nitrogens with zero attached hydrogens (tertiary/aromatic N) is 6. The van der Waals surface area contributed by atoms with E-state index in [1.807, 2.05) is 48.0 Å². The van der Waals surface area contributed by atoms with Crippen molar-refractivity contribution in [2.45, 2.75) is 25.4 Å². The van der Waals surface area contributed by atoms with E-state index in [2.05, 4.69) is 62.4 Å². The Morgan fingerprint density at radius 3 is 3.05 bits per heavy atom. The molecule has 0 radical (unpaired) electrons. The van der Waals surface area contributed by atoms with Crippen LogP contribution in [0.25, 0.3) is 49.8 Å². The van der Waals surface area contributed by atoms with Gasteiger partial charge in [-0.05, 0) is 42.3 Å². The van der Waals surface area contributed by atoms with Gasteiger partial charge in [0.1, 0.15) is 33.8 Å². The number of likely N-dealkylation sites (N-methyl/N-ethyl adjacent to an activating group) is 1. The third-order valence-corrected chi connectivity index (χ3v) is 9.85. The van der Waals surface area contributed by atoms with Crippen LogP contribution in [-0.4, -0.2) is 44.6 Å². The molecule has 41 heavy (non-hydrogen) atoms. The summed E-state index contributed by atoms with van der Waals surface area (Å²) in [6, 6.07) is 8.32. The molecule has 2 N–H and O–H groups in total. The molecule has 9 nitrogen and oxygen atoms in total. The van der Waals surface area contributed by atoms with Crippen LogP contribution in [0.3, 0.4) is 0 Å². The zero-order chi connectivity index (χ0) is 27.2. The first kappa shape index (κ1) is 23.2. The molecule has 3 aliphatic heterocycles. The van der Waals surface area contributed by atoms with E-state index in [0.717, 1.165) is 69.6 Å². The topological polar surface area (TPSA) is 96.9 Å². The number of hydrogen-bond acceptors (Lipinski definition) is 9. The predicted octanol–water partition coefficient (Wildman–Crippen LogP) is 5.53. The van der Waals surface area contributed by atoms with Gasteiger partial charge in [0.25, 0.3) is 0 Å². The molecule has 6 aromatic heterocycles. The number of thiophene rings is 1. The third kappa shape index (κ3) is 3.20. The van der Waals surface area contributed by atoms with Gasteiger partial charge >= 0.3 is 0 Å². The Hall–Kier alpha value is -4.54. The summed E-state index contributed by atoms with van der Waals surface area (Å²) in [5, 5.41) is 9.64. The highest BCUT2D eigenvalue weighted by Gasteiger charge is 2.36. The summed E-state index contributed by atoms with van der Waals surface area (Å²) >= 11 is 1.81. The predicted molar refractivity (Wildman–Crippen MR) is 162 cm³/mol. The first-order valence-electron chi connectivity index (χ1n) is 13.9. The molecular formula is C31H26N8OS. The van der Waals surface area contributed by atoms with E-state index in [1.165, 1.54) is 27.0 Å². The Morgan fingerprint density at radius 2 is 2.10 bits per heavy atom. The van der Waals surface area contributed by atoms with Gasteiger partial charge in [0.05, 0.1) is 11.7 Å². The van der Waals surface area contributed by atoms with Crippen LogP contribution in [0.4, 0.5) is 5.69 Å². The van der Waals surface area contributed by atoms with Gasteiger partial charge in [0.2, 0.25) is 0 Å². The molecule has 0 aliphatic carbocycles. The smallest absolute Gasteiger partial charge is 0.155 e. The molecule has 3 aliphatic rings. The molecule has 0 aromatic carbocycles. The first-order chi connectivity index (χ1) is 20.2. The molecule has 9 rings (SSSR count). The number of fused-ring (bicyclic) bond motifs is 9. The second-order valence-electron chi connectivity index (χ2n) is 10.9. The maximum Gasteiger partial charge on any atom is 0.155 e. The van der Waals surface area contributed by atoms with Gasteiger partial charge in [-0.2, -0.15) is 0 Å². The molecule has 0 saturated heterocycles. The van der Waals surface area contributed by atoms with Crippen LogP contribution in [0.5, 0.6) is 0 Å². The van der Waals surface area contributed by atoms with E-state index in [9.17, 15) is 0 Å². The highest BCUT2D eigenvalue weighted by molar-refractivity contribution is 7.19. The lowest BCUT2D eigenvalue weighted by atomic mass is 9.84. The Morgan fingerprint density at radius 1 is 1.15 bits per heavy atom. The fourth-order valence-electron chi connectivity index (χ4n) is 6.76. The molecule has 2 atom stereocenters. The van der Waals surface area contributed by atoms with Crippen LogP contribution < -0.4 is 15.5 Å². The summed E-state index contributed by atoms with van der Waals surface area (Å²) < 4.78 is 8.36. The van der Waals surface area contributed by atoms with E-state index in [0.29, 0.717) is 0 Å². The summed E-state index contributed by atoms with van der Waals surface area (Å²) in [5.41, 5.74) is 8.44. The zero-order valence-electron chi connectivity index (χ0n) is 22.5. The summed E-state index contributed by atoms with van der Waals surface area (Å²) in [4.78, 5) is 23.8. The molecule has 0 bridgehead atoms. The minimum atomic E-state index is 0.0458. The summed E-state index contributed by atoms with van der Waals surface area (Å²) in [5.74, 6) is 1.84. The van der Waals surface area contributed by atoms with Gasteiger partial charge in [-0.3, -0.25) is 4.57 Å². The summed E-state index contributed by atoms with van der Waals surface area (Å²) in [6.45, 7) is 4.73. The second-order valence-corrected chi connectivity index (χ2v) is 12.0. The van der Waals surface area contributed by atoms with Crippen molar-refractivity contribution < 1.29 is 4.42 Å². The maximum absolute atomic E-state index is 6.15. The number of aromatic nitrogens is 5. The van der Waals surface area contributed by atoms with Gasteiger partial charge in [-0.15, -0.1) is 11.3 Å². The molecule has 0 fully saturated rings. The molecule has 0 amide bonds.